The van der Waals surface area contributed by atoms with Crippen LogP contribution in [0, 0.1) is 5.82 Å². The number of aromatic hydroxyl groups is 1. The number of nitrogens with two attached hydrogens (primary N) is 1. The second-order valence-electron chi connectivity index (χ2n) is 3.47. The number of halogens is 2. The summed E-state index contributed by atoms with van der Waals surface area (Å²) in [5.74, 6) is -0.562. The van der Waals surface area contributed by atoms with Gasteiger partial charge in [-0.1, -0.05) is 11.6 Å². The summed E-state index contributed by atoms with van der Waals surface area (Å²) in [5, 5.41) is 9.00. The molecule has 15 heavy (non-hydrogen) atoms. The van der Waals surface area contributed by atoms with E-state index in [1.54, 1.807) is 0 Å². The Balaban J connectivity index is 0.00000196. The van der Waals surface area contributed by atoms with Gasteiger partial charge in [0, 0.05) is 17.7 Å². The highest BCUT2D eigenvalue weighted by Crippen LogP contribution is 2.23. The molecular formula is C11H15ClFNO. The first-order valence-corrected chi connectivity index (χ1v) is 4.39. The van der Waals surface area contributed by atoms with E-state index in [9.17, 15) is 4.39 Å². The van der Waals surface area contributed by atoms with Crippen LogP contribution in [0.2, 0.25) is 0 Å². The molecule has 2 nitrogen and oxygen atoms in total. The van der Waals surface area contributed by atoms with Crippen molar-refractivity contribution < 1.29 is 9.50 Å². The quantitative estimate of drug-likeness (QED) is 0.786. The lowest BCUT2D eigenvalue weighted by Crippen LogP contribution is -2.12. The number of phenols is 1. The van der Waals surface area contributed by atoms with Crippen LogP contribution in [0.1, 0.15) is 24.9 Å². The van der Waals surface area contributed by atoms with Crippen molar-refractivity contribution in [2.45, 2.75) is 19.4 Å². The standard InChI is InChI=1S/C11H14FNO.ClH/c1-7(2)5-11(13)9-4-3-8(14)6-10(9)12;/h3-4,6,11,14H,1,5,13H2,2H3;1H/t11-;/m0./s1. The smallest absolute Gasteiger partial charge is 0.131 e. The Morgan fingerprint density at radius 2 is 2.20 bits per heavy atom. The number of phenolic OH excluding ortho intramolecular Hbond substituents is 1. The normalized spacial score (nSPS) is 11.7. The van der Waals surface area contributed by atoms with Gasteiger partial charge in [-0.2, -0.15) is 0 Å². The van der Waals surface area contributed by atoms with Gasteiger partial charge in [0.15, 0.2) is 0 Å². The third-order valence-electron chi connectivity index (χ3n) is 1.95. The fourth-order valence-corrected chi connectivity index (χ4v) is 1.30. The molecule has 1 aromatic rings. The van der Waals surface area contributed by atoms with Gasteiger partial charge in [-0.3, -0.25) is 0 Å². The number of rotatable bonds is 3. The summed E-state index contributed by atoms with van der Waals surface area (Å²) < 4.78 is 13.3. The van der Waals surface area contributed by atoms with Crippen molar-refractivity contribution in [1.29, 1.82) is 0 Å². The molecule has 1 rings (SSSR count). The fourth-order valence-electron chi connectivity index (χ4n) is 1.30. The van der Waals surface area contributed by atoms with Gasteiger partial charge in [0.1, 0.15) is 11.6 Å². The van der Waals surface area contributed by atoms with E-state index in [0.717, 1.165) is 11.6 Å². The highest BCUT2D eigenvalue weighted by atomic mass is 35.5. The van der Waals surface area contributed by atoms with Crippen LogP contribution >= 0.6 is 12.4 Å². The summed E-state index contributed by atoms with van der Waals surface area (Å²) >= 11 is 0. The summed E-state index contributed by atoms with van der Waals surface area (Å²) in [5.41, 5.74) is 7.08. The molecule has 1 atom stereocenters. The SMILES string of the molecule is C=C(C)C[C@H](N)c1ccc(O)cc1F.Cl. The molecule has 0 spiro atoms. The summed E-state index contributed by atoms with van der Waals surface area (Å²) in [7, 11) is 0. The number of hydrogen-bond acceptors (Lipinski definition) is 2. The molecule has 84 valence electrons. The molecule has 0 aliphatic heterocycles. The molecule has 0 saturated carbocycles. The summed E-state index contributed by atoms with van der Waals surface area (Å²) in [6.45, 7) is 5.56. The molecule has 0 fully saturated rings. The lowest BCUT2D eigenvalue weighted by molar-refractivity contribution is 0.466. The fraction of sp³-hybridized carbons (Fsp3) is 0.273. The van der Waals surface area contributed by atoms with Gasteiger partial charge in [-0.05, 0) is 19.4 Å². The largest absolute Gasteiger partial charge is 0.508 e. The molecule has 0 heterocycles. The molecule has 0 aromatic heterocycles. The maximum atomic E-state index is 13.3. The zero-order chi connectivity index (χ0) is 10.7. The molecule has 0 saturated heterocycles. The molecule has 1 aromatic carbocycles. The van der Waals surface area contributed by atoms with E-state index in [0.29, 0.717) is 12.0 Å². The van der Waals surface area contributed by atoms with Gasteiger partial charge in [0.2, 0.25) is 0 Å². The first kappa shape index (κ1) is 13.9. The Labute approximate surface area is 95.0 Å². The average molecular weight is 232 g/mol. The first-order valence-electron chi connectivity index (χ1n) is 4.39. The van der Waals surface area contributed by atoms with Crippen molar-refractivity contribution in [2.24, 2.45) is 5.73 Å². The topological polar surface area (TPSA) is 46.2 Å². The van der Waals surface area contributed by atoms with Gasteiger partial charge < -0.3 is 10.8 Å². The second-order valence-corrected chi connectivity index (χ2v) is 3.47. The monoisotopic (exact) mass is 231 g/mol. The van der Waals surface area contributed by atoms with Crippen LogP contribution in [0.25, 0.3) is 0 Å². The molecule has 4 heteroatoms. The number of benzene rings is 1. The van der Waals surface area contributed by atoms with E-state index in [2.05, 4.69) is 6.58 Å². The van der Waals surface area contributed by atoms with Gasteiger partial charge in [-0.15, -0.1) is 19.0 Å². The van der Waals surface area contributed by atoms with E-state index >= 15 is 0 Å². The van der Waals surface area contributed by atoms with Crippen molar-refractivity contribution >= 4 is 12.4 Å². The Morgan fingerprint density at radius 3 is 2.67 bits per heavy atom. The molecule has 0 unspecified atom stereocenters. The molecular weight excluding hydrogens is 217 g/mol. The van der Waals surface area contributed by atoms with Crippen LogP contribution in [0.4, 0.5) is 4.39 Å². The van der Waals surface area contributed by atoms with Crippen molar-refractivity contribution in [1.82, 2.24) is 0 Å². The maximum absolute atomic E-state index is 13.3. The minimum Gasteiger partial charge on any atom is -0.508 e. The van der Waals surface area contributed by atoms with Crippen molar-refractivity contribution in [2.75, 3.05) is 0 Å². The summed E-state index contributed by atoms with van der Waals surface area (Å²) in [6.07, 6.45) is 0.543. The van der Waals surface area contributed by atoms with Gasteiger partial charge in [0.05, 0.1) is 0 Å². The molecule has 0 bridgehead atoms. The van der Waals surface area contributed by atoms with E-state index in [4.69, 9.17) is 10.8 Å². The van der Waals surface area contributed by atoms with Crippen LogP contribution in [-0.2, 0) is 0 Å². The maximum Gasteiger partial charge on any atom is 0.131 e. The van der Waals surface area contributed by atoms with Crippen molar-refractivity contribution in [3.8, 4) is 5.75 Å². The van der Waals surface area contributed by atoms with Crippen LogP contribution in [0.15, 0.2) is 30.4 Å². The minimum atomic E-state index is -0.473. The van der Waals surface area contributed by atoms with E-state index in [1.165, 1.54) is 12.1 Å². The third-order valence-corrected chi connectivity index (χ3v) is 1.95. The van der Waals surface area contributed by atoms with Crippen molar-refractivity contribution in [3.63, 3.8) is 0 Å². The van der Waals surface area contributed by atoms with Crippen LogP contribution in [-0.4, -0.2) is 5.11 Å². The highest BCUT2D eigenvalue weighted by Gasteiger charge is 2.11. The number of hydrogen-bond donors (Lipinski definition) is 2. The Kier molecular flexibility index (Phi) is 5.33. The zero-order valence-electron chi connectivity index (χ0n) is 8.53. The van der Waals surface area contributed by atoms with Gasteiger partial charge in [0.25, 0.3) is 0 Å². The van der Waals surface area contributed by atoms with Gasteiger partial charge >= 0.3 is 0 Å². The van der Waals surface area contributed by atoms with Crippen LogP contribution < -0.4 is 5.73 Å². The average Bonchev–Trinajstić information content (AvgIpc) is 2.01. The van der Waals surface area contributed by atoms with Crippen LogP contribution in [0.3, 0.4) is 0 Å². The van der Waals surface area contributed by atoms with E-state index in [-0.39, 0.29) is 18.2 Å². The highest BCUT2D eigenvalue weighted by molar-refractivity contribution is 5.85. The lowest BCUT2D eigenvalue weighted by atomic mass is 10.0. The van der Waals surface area contributed by atoms with Gasteiger partial charge in [-0.25, -0.2) is 4.39 Å². The third kappa shape index (κ3) is 3.90. The minimum absolute atomic E-state index is 0. The first-order chi connectivity index (χ1) is 6.50. The zero-order valence-corrected chi connectivity index (χ0v) is 9.35. The molecule has 0 radical (unpaired) electrons. The predicted molar refractivity (Wildman–Crippen MR) is 61.7 cm³/mol. The molecule has 3 N–H and O–H groups in total. The molecule has 0 aliphatic rings. The van der Waals surface area contributed by atoms with E-state index in [1.807, 2.05) is 6.92 Å². The molecule has 0 amide bonds. The second kappa shape index (κ2) is 5.73. The van der Waals surface area contributed by atoms with Crippen molar-refractivity contribution in [3.05, 3.63) is 41.7 Å². The predicted octanol–water partition coefficient (Wildman–Crippen LogP) is 2.92. The summed E-state index contributed by atoms with van der Waals surface area (Å²) in [4.78, 5) is 0. The summed E-state index contributed by atoms with van der Waals surface area (Å²) in [6, 6.07) is 3.59. The Bertz CT molecular complexity index is 354. The molecule has 0 aliphatic carbocycles. The Morgan fingerprint density at radius 1 is 1.60 bits per heavy atom. The lowest BCUT2D eigenvalue weighted by Gasteiger charge is -2.12. The van der Waals surface area contributed by atoms with E-state index < -0.39 is 11.9 Å². The Hall–Kier alpha value is -1.06. The van der Waals surface area contributed by atoms with Crippen LogP contribution in [0.5, 0.6) is 5.75 Å².